The third-order valence-corrected chi connectivity index (χ3v) is 6.70. The summed E-state index contributed by atoms with van der Waals surface area (Å²) in [7, 11) is 0. The van der Waals surface area contributed by atoms with E-state index in [4.69, 9.17) is 0 Å². The second-order valence-electron chi connectivity index (χ2n) is 9.32. The van der Waals surface area contributed by atoms with Crippen LogP contribution in [0.2, 0.25) is 0 Å². The molecule has 0 fully saturated rings. The van der Waals surface area contributed by atoms with Crippen LogP contribution in [-0.2, 0) is 19.7 Å². The molecule has 0 bridgehead atoms. The van der Waals surface area contributed by atoms with Crippen molar-refractivity contribution < 1.29 is 9.67 Å². The van der Waals surface area contributed by atoms with Crippen LogP contribution in [0.5, 0.6) is 0 Å². The van der Waals surface area contributed by atoms with Gasteiger partial charge in [-0.3, -0.25) is 0 Å². The van der Waals surface area contributed by atoms with Crippen molar-refractivity contribution in [1.29, 1.82) is 0 Å². The van der Waals surface area contributed by atoms with E-state index in [1.807, 2.05) is 0 Å². The molecular formula is C28H49N2O+. The number of para-hydroxylation sites is 2. The van der Waals surface area contributed by atoms with E-state index >= 15 is 0 Å². The number of aliphatic hydroxyl groups excluding tert-OH is 1. The molecule has 0 saturated heterocycles. The summed E-state index contributed by atoms with van der Waals surface area (Å²) in [6.07, 6.45) is 21.4. The van der Waals surface area contributed by atoms with Crippen molar-refractivity contribution in [3.63, 3.8) is 0 Å². The van der Waals surface area contributed by atoms with E-state index in [1.54, 1.807) is 0 Å². The van der Waals surface area contributed by atoms with Crippen molar-refractivity contribution in [2.24, 2.45) is 0 Å². The van der Waals surface area contributed by atoms with E-state index in [0.717, 1.165) is 18.9 Å². The van der Waals surface area contributed by atoms with Crippen LogP contribution in [0.4, 0.5) is 0 Å². The highest BCUT2D eigenvalue weighted by atomic mass is 16.3. The van der Waals surface area contributed by atoms with Crippen LogP contribution in [0.3, 0.4) is 0 Å². The Kier molecular flexibility index (Phi) is 13.6. The number of fused-ring (bicyclic) bond motifs is 1. The minimum atomic E-state index is 0.128. The lowest BCUT2D eigenvalue weighted by molar-refractivity contribution is -0.682. The Bertz CT molecular complexity index is 649. The summed E-state index contributed by atoms with van der Waals surface area (Å²) in [6, 6.07) is 8.72. The lowest BCUT2D eigenvalue weighted by atomic mass is 10.1. The lowest BCUT2D eigenvalue weighted by Gasteiger charge is -2.05. The van der Waals surface area contributed by atoms with Crippen LogP contribution in [0.15, 0.2) is 24.3 Å². The number of imidazole rings is 1. The summed E-state index contributed by atoms with van der Waals surface area (Å²) in [4.78, 5) is 0. The molecule has 0 aliphatic carbocycles. The van der Waals surface area contributed by atoms with Gasteiger partial charge in [-0.05, 0) is 37.8 Å². The molecular weight excluding hydrogens is 380 g/mol. The first-order valence-corrected chi connectivity index (χ1v) is 13.4. The second kappa shape index (κ2) is 16.3. The fraction of sp³-hybridized carbons (Fsp3) is 0.750. The molecule has 1 heterocycles. The molecule has 0 saturated carbocycles. The summed E-state index contributed by atoms with van der Waals surface area (Å²) in [5.41, 5.74) is 2.57. The van der Waals surface area contributed by atoms with Gasteiger partial charge in [0.2, 0.25) is 0 Å². The first-order valence-electron chi connectivity index (χ1n) is 13.4. The molecule has 0 spiro atoms. The van der Waals surface area contributed by atoms with Crippen molar-refractivity contribution in [2.75, 3.05) is 0 Å². The van der Waals surface area contributed by atoms with Gasteiger partial charge in [0, 0.05) is 0 Å². The average Bonchev–Trinajstić information content (AvgIpc) is 3.10. The van der Waals surface area contributed by atoms with Crippen molar-refractivity contribution in [2.45, 2.75) is 136 Å². The first kappa shape index (κ1) is 25.9. The van der Waals surface area contributed by atoms with Gasteiger partial charge in [0.05, 0.1) is 13.1 Å². The zero-order valence-corrected chi connectivity index (χ0v) is 20.6. The molecule has 31 heavy (non-hydrogen) atoms. The number of hydrogen-bond acceptors (Lipinski definition) is 1. The summed E-state index contributed by atoms with van der Waals surface area (Å²) < 4.78 is 4.77. The Morgan fingerprint density at radius 1 is 0.677 bits per heavy atom. The average molecular weight is 430 g/mol. The van der Waals surface area contributed by atoms with Crippen molar-refractivity contribution in [3.8, 4) is 0 Å². The Balaban J connectivity index is 1.85. The van der Waals surface area contributed by atoms with E-state index in [1.165, 1.54) is 114 Å². The highest BCUT2D eigenvalue weighted by Gasteiger charge is 2.23. The Labute approximate surface area is 191 Å². The zero-order chi connectivity index (χ0) is 22.2. The fourth-order valence-electron chi connectivity index (χ4n) is 4.82. The number of aromatic nitrogens is 2. The largest absolute Gasteiger partial charge is 0.384 e. The number of benzene rings is 1. The maximum atomic E-state index is 10.2. The predicted octanol–water partition coefficient (Wildman–Crippen LogP) is 7.70. The van der Waals surface area contributed by atoms with E-state index in [-0.39, 0.29) is 6.61 Å². The van der Waals surface area contributed by atoms with Crippen LogP contribution in [0.25, 0.3) is 11.0 Å². The van der Waals surface area contributed by atoms with E-state index < -0.39 is 0 Å². The molecule has 0 radical (unpaired) electrons. The molecule has 0 aliphatic heterocycles. The minimum Gasteiger partial charge on any atom is -0.384 e. The first-order chi connectivity index (χ1) is 15.3. The molecule has 0 amide bonds. The van der Waals surface area contributed by atoms with Crippen LogP contribution in [0, 0.1) is 0 Å². The third kappa shape index (κ3) is 8.96. The van der Waals surface area contributed by atoms with Gasteiger partial charge in [-0.25, -0.2) is 9.13 Å². The molecule has 1 aromatic heterocycles. The number of nitrogens with zero attached hydrogens (tertiary/aromatic N) is 2. The van der Waals surface area contributed by atoms with Crippen LogP contribution < -0.4 is 4.57 Å². The number of rotatable bonds is 19. The van der Waals surface area contributed by atoms with Gasteiger partial charge in [0.25, 0.3) is 5.82 Å². The molecule has 1 N–H and O–H groups in total. The number of hydrogen-bond donors (Lipinski definition) is 1. The Morgan fingerprint density at radius 3 is 1.77 bits per heavy atom. The van der Waals surface area contributed by atoms with Gasteiger partial charge in [-0.2, -0.15) is 0 Å². The standard InChI is InChI=1S/C28H49N2O/c1-3-5-7-9-11-13-15-19-23-29-26-21-17-18-22-27(26)30(28(29)25-31)24-20-16-14-12-10-8-6-4-2/h17-18,21-22,31H,3-16,19-20,23-25H2,1-2H3/q+1. The molecule has 2 aromatic rings. The highest BCUT2D eigenvalue weighted by Crippen LogP contribution is 2.18. The monoisotopic (exact) mass is 429 g/mol. The molecule has 176 valence electrons. The highest BCUT2D eigenvalue weighted by molar-refractivity contribution is 5.72. The van der Waals surface area contributed by atoms with Gasteiger partial charge < -0.3 is 5.11 Å². The van der Waals surface area contributed by atoms with E-state index in [2.05, 4.69) is 47.2 Å². The van der Waals surface area contributed by atoms with Crippen LogP contribution in [0.1, 0.15) is 122 Å². The molecule has 0 unspecified atom stereocenters. The molecule has 0 aliphatic rings. The predicted molar refractivity (Wildman–Crippen MR) is 133 cm³/mol. The molecule has 1 aromatic carbocycles. The Morgan fingerprint density at radius 2 is 1.19 bits per heavy atom. The topological polar surface area (TPSA) is 29.0 Å². The van der Waals surface area contributed by atoms with Crippen molar-refractivity contribution in [3.05, 3.63) is 30.1 Å². The van der Waals surface area contributed by atoms with E-state index in [9.17, 15) is 5.11 Å². The zero-order valence-electron chi connectivity index (χ0n) is 20.6. The van der Waals surface area contributed by atoms with Gasteiger partial charge in [-0.1, -0.05) is 103 Å². The molecule has 3 nitrogen and oxygen atoms in total. The smallest absolute Gasteiger partial charge is 0.283 e. The van der Waals surface area contributed by atoms with Crippen LogP contribution in [-0.4, -0.2) is 9.67 Å². The number of unbranched alkanes of at least 4 members (excludes halogenated alkanes) is 14. The van der Waals surface area contributed by atoms with Gasteiger partial charge in [-0.15, -0.1) is 0 Å². The van der Waals surface area contributed by atoms with Crippen LogP contribution >= 0.6 is 0 Å². The van der Waals surface area contributed by atoms with Gasteiger partial charge in [0.1, 0.15) is 6.61 Å². The maximum absolute atomic E-state index is 10.2. The quantitative estimate of drug-likeness (QED) is 0.180. The minimum absolute atomic E-state index is 0.128. The third-order valence-electron chi connectivity index (χ3n) is 6.70. The van der Waals surface area contributed by atoms with Crippen molar-refractivity contribution >= 4 is 11.0 Å². The van der Waals surface area contributed by atoms with Crippen molar-refractivity contribution in [1.82, 2.24) is 4.57 Å². The number of aliphatic hydroxyl groups is 1. The summed E-state index contributed by atoms with van der Waals surface area (Å²) in [5, 5.41) is 10.2. The SMILES string of the molecule is CCCCCCCCCCn1c(CO)[n+](CCCCCCCCCC)c2ccccc21. The molecule has 0 atom stereocenters. The van der Waals surface area contributed by atoms with E-state index in [0.29, 0.717) is 0 Å². The summed E-state index contributed by atoms with van der Waals surface area (Å²) >= 11 is 0. The summed E-state index contributed by atoms with van der Waals surface area (Å²) in [6.45, 7) is 6.73. The summed E-state index contributed by atoms with van der Waals surface area (Å²) in [5.74, 6) is 1.09. The maximum Gasteiger partial charge on any atom is 0.283 e. The second-order valence-corrected chi connectivity index (χ2v) is 9.32. The molecule has 3 heteroatoms. The normalized spacial score (nSPS) is 11.6. The van der Waals surface area contributed by atoms with Gasteiger partial charge >= 0.3 is 0 Å². The molecule has 2 rings (SSSR count). The fourth-order valence-corrected chi connectivity index (χ4v) is 4.82. The van der Waals surface area contributed by atoms with Gasteiger partial charge in [0.15, 0.2) is 11.0 Å². The number of aryl methyl sites for hydroxylation is 2. The Hall–Kier alpha value is -1.35. The lowest BCUT2D eigenvalue weighted by Crippen LogP contribution is -2.38.